The van der Waals surface area contributed by atoms with E-state index in [9.17, 15) is 24.6 Å². The van der Waals surface area contributed by atoms with E-state index in [2.05, 4.69) is 29.5 Å². The Balaban J connectivity index is 1.31. The van der Waals surface area contributed by atoms with Crippen LogP contribution in [0, 0.1) is 5.92 Å². The number of hydrogen-bond acceptors (Lipinski definition) is 5. The van der Waals surface area contributed by atoms with Crippen LogP contribution in [0.3, 0.4) is 0 Å². The summed E-state index contributed by atoms with van der Waals surface area (Å²) in [5.74, 6) is 0.795. The third-order valence-corrected chi connectivity index (χ3v) is 9.32. The fourth-order valence-electron chi connectivity index (χ4n) is 7.52. The highest BCUT2D eigenvalue weighted by Crippen LogP contribution is 2.48. The SMILES string of the molecule is CC(=O)N(C(C)C)[C@H]1CC[C@H](CC(=O)Nc2cc(-c3ccccc3)c(-c3ccc([C@]4(NC(=O)O)C[C@](C)(O)C4)cc3)cn2)CC1. The Bertz CT molecular complexity index is 1520. The van der Waals surface area contributed by atoms with Crippen LogP contribution >= 0.6 is 0 Å². The van der Waals surface area contributed by atoms with Gasteiger partial charge in [0.2, 0.25) is 11.8 Å². The number of aromatic nitrogens is 1. The molecule has 1 heterocycles. The Hall–Kier alpha value is -4.24. The standard InChI is InChI=1S/C36H44N4O5/c1-23(2)40(24(3)41)29-16-10-25(11-17-29)18-33(42)38-32-19-30(26-8-6-5-7-9-26)31(20-37-32)27-12-14-28(15-13-27)36(39-34(43)44)21-35(4,45)22-36/h5-9,12-15,19-20,23,25,29,39,45H,10-11,16-18,21-22H2,1-4H3,(H,43,44)(H,37,38,42)/t25-,29-,35-,36-. The van der Waals surface area contributed by atoms with Crippen molar-refractivity contribution in [2.45, 2.75) is 95.9 Å². The molecule has 0 radical (unpaired) electrons. The molecule has 2 fully saturated rings. The molecule has 3 aromatic rings. The zero-order valence-electron chi connectivity index (χ0n) is 26.5. The molecule has 0 saturated heterocycles. The summed E-state index contributed by atoms with van der Waals surface area (Å²) in [6.07, 6.45) is 5.29. The minimum absolute atomic E-state index is 0.0676. The predicted octanol–water partition coefficient (Wildman–Crippen LogP) is 6.57. The van der Waals surface area contributed by atoms with E-state index in [1.54, 1.807) is 20.0 Å². The molecule has 2 saturated carbocycles. The van der Waals surface area contributed by atoms with Gasteiger partial charge in [-0.15, -0.1) is 0 Å². The van der Waals surface area contributed by atoms with Crippen molar-refractivity contribution < 1.29 is 24.6 Å². The Labute approximate surface area is 265 Å². The third-order valence-electron chi connectivity index (χ3n) is 9.32. The summed E-state index contributed by atoms with van der Waals surface area (Å²) in [5, 5.41) is 25.5. The molecule has 45 heavy (non-hydrogen) atoms. The summed E-state index contributed by atoms with van der Waals surface area (Å²) in [6, 6.07) is 19.9. The molecule has 238 valence electrons. The van der Waals surface area contributed by atoms with Crippen molar-refractivity contribution in [1.29, 1.82) is 0 Å². The Kier molecular flexibility index (Phi) is 9.30. The number of carbonyl (C=O) groups is 3. The predicted molar refractivity (Wildman–Crippen MR) is 174 cm³/mol. The van der Waals surface area contributed by atoms with Gasteiger partial charge in [-0.05, 0) is 80.7 Å². The second-order valence-corrected chi connectivity index (χ2v) is 13.4. The van der Waals surface area contributed by atoms with Crippen LogP contribution in [0.1, 0.15) is 78.2 Å². The van der Waals surface area contributed by atoms with Crippen molar-refractivity contribution in [3.63, 3.8) is 0 Å². The summed E-state index contributed by atoms with van der Waals surface area (Å²) < 4.78 is 0. The van der Waals surface area contributed by atoms with Crippen LogP contribution in [0.25, 0.3) is 22.3 Å². The van der Waals surface area contributed by atoms with Crippen LogP contribution in [0.5, 0.6) is 0 Å². The van der Waals surface area contributed by atoms with Crippen molar-refractivity contribution >= 4 is 23.7 Å². The first-order valence-corrected chi connectivity index (χ1v) is 15.8. The van der Waals surface area contributed by atoms with Gasteiger partial charge in [0.15, 0.2) is 0 Å². The number of rotatable bonds is 9. The molecule has 0 aliphatic heterocycles. The lowest BCUT2D eigenvalue weighted by atomic mass is 9.62. The Morgan fingerprint density at radius 3 is 2.13 bits per heavy atom. The van der Waals surface area contributed by atoms with Crippen LogP contribution in [-0.4, -0.2) is 55.7 Å². The maximum Gasteiger partial charge on any atom is 0.405 e. The van der Waals surface area contributed by atoms with Gasteiger partial charge in [0.25, 0.3) is 0 Å². The molecule has 4 N–H and O–H groups in total. The summed E-state index contributed by atoms with van der Waals surface area (Å²) in [4.78, 5) is 43.4. The van der Waals surface area contributed by atoms with E-state index in [1.807, 2.05) is 65.6 Å². The number of carboxylic acid groups (broad SMARTS) is 1. The maximum absolute atomic E-state index is 13.1. The van der Waals surface area contributed by atoms with Gasteiger partial charge in [0, 0.05) is 50.0 Å². The average molecular weight is 613 g/mol. The molecule has 9 nitrogen and oxygen atoms in total. The fourth-order valence-corrected chi connectivity index (χ4v) is 7.52. The summed E-state index contributed by atoms with van der Waals surface area (Å²) in [5.41, 5.74) is 2.72. The number of nitrogens with zero attached hydrogens (tertiary/aromatic N) is 2. The van der Waals surface area contributed by atoms with E-state index in [0.29, 0.717) is 25.1 Å². The molecule has 5 rings (SSSR count). The maximum atomic E-state index is 13.1. The van der Waals surface area contributed by atoms with Gasteiger partial charge in [-0.2, -0.15) is 0 Å². The zero-order chi connectivity index (χ0) is 32.4. The summed E-state index contributed by atoms with van der Waals surface area (Å²) in [7, 11) is 0. The van der Waals surface area contributed by atoms with E-state index in [4.69, 9.17) is 0 Å². The van der Waals surface area contributed by atoms with Gasteiger partial charge in [-0.1, -0.05) is 54.6 Å². The van der Waals surface area contributed by atoms with E-state index in [0.717, 1.165) is 53.5 Å². The lowest BCUT2D eigenvalue weighted by Gasteiger charge is -2.51. The molecule has 0 atom stereocenters. The number of nitrogens with one attached hydrogen (secondary N) is 2. The first-order chi connectivity index (χ1) is 21.4. The first-order valence-electron chi connectivity index (χ1n) is 15.8. The van der Waals surface area contributed by atoms with Crippen LogP contribution in [-0.2, 0) is 15.1 Å². The first kappa shape index (κ1) is 32.2. The average Bonchev–Trinajstić information content (AvgIpc) is 2.97. The van der Waals surface area contributed by atoms with E-state index in [-0.39, 0.29) is 29.8 Å². The number of anilines is 1. The second kappa shape index (κ2) is 13.0. The number of carbonyl (C=O) groups excluding carboxylic acids is 2. The van der Waals surface area contributed by atoms with E-state index < -0.39 is 17.2 Å². The Morgan fingerprint density at radius 2 is 1.58 bits per heavy atom. The molecule has 9 heteroatoms. The van der Waals surface area contributed by atoms with Gasteiger partial charge < -0.3 is 25.7 Å². The number of aliphatic hydroxyl groups is 1. The number of pyridine rings is 1. The van der Waals surface area contributed by atoms with Crippen molar-refractivity contribution in [1.82, 2.24) is 15.2 Å². The van der Waals surface area contributed by atoms with Gasteiger partial charge >= 0.3 is 6.09 Å². The topological polar surface area (TPSA) is 132 Å². The van der Waals surface area contributed by atoms with Crippen molar-refractivity contribution in [3.8, 4) is 22.3 Å². The second-order valence-electron chi connectivity index (χ2n) is 13.4. The minimum Gasteiger partial charge on any atom is -0.465 e. The number of amides is 3. The molecule has 2 aliphatic rings. The molecule has 2 aliphatic carbocycles. The smallest absolute Gasteiger partial charge is 0.405 e. The molecule has 0 spiro atoms. The lowest BCUT2D eigenvalue weighted by molar-refractivity contribution is -0.134. The normalized spacial score (nSPS) is 24.4. The van der Waals surface area contributed by atoms with Gasteiger partial charge in [-0.3, -0.25) is 9.59 Å². The molecule has 1 aromatic heterocycles. The molecule has 2 aromatic carbocycles. The van der Waals surface area contributed by atoms with Crippen molar-refractivity contribution in [2.24, 2.45) is 5.92 Å². The quantitative estimate of drug-likeness (QED) is 0.216. The highest BCUT2D eigenvalue weighted by Gasteiger charge is 2.53. The Morgan fingerprint density at radius 1 is 0.956 bits per heavy atom. The summed E-state index contributed by atoms with van der Waals surface area (Å²) >= 11 is 0. The molecular weight excluding hydrogens is 568 g/mol. The molecule has 0 bridgehead atoms. The molecule has 3 amide bonds. The van der Waals surface area contributed by atoms with Gasteiger partial charge in [-0.25, -0.2) is 9.78 Å². The van der Waals surface area contributed by atoms with E-state index in [1.165, 1.54) is 0 Å². The number of hydrogen-bond donors (Lipinski definition) is 4. The van der Waals surface area contributed by atoms with Crippen LogP contribution in [0.15, 0.2) is 66.9 Å². The monoisotopic (exact) mass is 612 g/mol. The number of benzene rings is 2. The van der Waals surface area contributed by atoms with Gasteiger partial charge in [0.1, 0.15) is 5.82 Å². The van der Waals surface area contributed by atoms with Crippen molar-refractivity contribution in [2.75, 3.05) is 5.32 Å². The highest BCUT2D eigenvalue weighted by molar-refractivity contribution is 5.92. The zero-order valence-corrected chi connectivity index (χ0v) is 26.5. The van der Waals surface area contributed by atoms with Gasteiger partial charge in [0.05, 0.1) is 11.1 Å². The molecular formula is C36H44N4O5. The van der Waals surface area contributed by atoms with Crippen LogP contribution < -0.4 is 10.6 Å². The largest absolute Gasteiger partial charge is 0.465 e. The molecule has 0 unspecified atom stereocenters. The minimum atomic E-state index is -1.12. The summed E-state index contributed by atoms with van der Waals surface area (Å²) in [6.45, 7) is 7.44. The van der Waals surface area contributed by atoms with E-state index >= 15 is 0 Å². The fraction of sp³-hybridized carbons (Fsp3) is 0.444. The van der Waals surface area contributed by atoms with Crippen LogP contribution in [0.2, 0.25) is 0 Å². The van der Waals surface area contributed by atoms with Crippen LogP contribution in [0.4, 0.5) is 10.6 Å². The lowest BCUT2D eigenvalue weighted by Crippen LogP contribution is -2.61. The highest BCUT2D eigenvalue weighted by atomic mass is 16.4. The van der Waals surface area contributed by atoms with Crippen molar-refractivity contribution in [3.05, 3.63) is 72.4 Å². The third kappa shape index (κ3) is 7.36.